The van der Waals surface area contributed by atoms with Crippen LogP contribution in [0, 0.1) is 0 Å². The Balaban J connectivity index is 1.55. The van der Waals surface area contributed by atoms with Crippen LogP contribution >= 0.6 is 0 Å². The van der Waals surface area contributed by atoms with Crippen molar-refractivity contribution in [1.82, 2.24) is 15.5 Å². The van der Waals surface area contributed by atoms with Gasteiger partial charge in [0.2, 0.25) is 5.60 Å². The lowest BCUT2D eigenvalue weighted by atomic mass is 9.99. The van der Waals surface area contributed by atoms with Gasteiger partial charge in [0.15, 0.2) is 0 Å². The molecular weight excluding hydrogens is 244 g/mol. The first-order valence-electron chi connectivity index (χ1n) is 6.61. The van der Waals surface area contributed by atoms with Crippen molar-refractivity contribution in [3.63, 3.8) is 0 Å². The zero-order valence-electron chi connectivity index (χ0n) is 11.2. The Morgan fingerprint density at radius 3 is 3.05 bits per heavy atom. The number of aromatic nitrogens is 2. The molecule has 3 rings (SSSR count). The van der Waals surface area contributed by atoms with Gasteiger partial charge in [-0.3, -0.25) is 9.89 Å². The Morgan fingerprint density at radius 2 is 2.42 bits per heavy atom. The van der Waals surface area contributed by atoms with Crippen LogP contribution in [-0.4, -0.2) is 27.4 Å². The number of nitrogens with one attached hydrogen (secondary N) is 2. The lowest BCUT2D eigenvalue weighted by molar-refractivity contribution is -0.141. The molecule has 2 heterocycles. The third-order valence-electron chi connectivity index (χ3n) is 3.56. The van der Waals surface area contributed by atoms with E-state index in [1.807, 2.05) is 13.0 Å². The van der Waals surface area contributed by atoms with Crippen LogP contribution in [0.3, 0.4) is 0 Å². The summed E-state index contributed by atoms with van der Waals surface area (Å²) >= 11 is 0. The van der Waals surface area contributed by atoms with Gasteiger partial charge < -0.3 is 10.2 Å². The van der Waals surface area contributed by atoms with Crippen molar-refractivity contribution in [2.45, 2.75) is 51.2 Å². The molecule has 1 atom stereocenters. The normalized spacial score (nSPS) is 25.9. The average molecular weight is 262 g/mol. The van der Waals surface area contributed by atoms with Crippen molar-refractivity contribution >= 4 is 11.6 Å². The van der Waals surface area contributed by atoms with Crippen molar-refractivity contribution in [2.75, 3.05) is 0 Å². The summed E-state index contributed by atoms with van der Waals surface area (Å²) in [5.41, 5.74) is 2.00. The number of hydrogen-bond acceptors (Lipinski definition) is 4. The van der Waals surface area contributed by atoms with Gasteiger partial charge in [0.25, 0.3) is 5.91 Å². The molecule has 0 aromatic carbocycles. The molecule has 1 aliphatic carbocycles. The molecule has 102 valence electrons. The van der Waals surface area contributed by atoms with Crippen LogP contribution < -0.4 is 5.32 Å². The van der Waals surface area contributed by atoms with E-state index in [0.29, 0.717) is 18.9 Å². The summed E-state index contributed by atoms with van der Waals surface area (Å²) in [5.74, 6) is 0.475. The molecule has 1 amide bonds. The molecule has 0 unspecified atom stereocenters. The average Bonchev–Trinajstić information content (AvgIpc) is 3.02. The van der Waals surface area contributed by atoms with E-state index in [0.717, 1.165) is 17.1 Å². The monoisotopic (exact) mass is 262 g/mol. The first-order valence-corrected chi connectivity index (χ1v) is 6.61. The second kappa shape index (κ2) is 4.36. The Labute approximate surface area is 111 Å². The number of carbonyl (C=O) groups excluding carboxylic acids is 1. The Kier molecular flexibility index (Phi) is 2.80. The first kappa shape index (κ1) is 12.2. The predicted molar refractivity (Wildman–Crippen MR) is 69.6 cm³/mol. The zero-order chi connectivity index (χ0) is 13.5. The molecule has 1 aromatic heterocycles. The van der Waals surface area contributed by atoms with Crippen molar-refractivity contribution in [3.05, 3.63) is 17.5 Å². The molecule has 0 bridgehead atoms. The lowest BCUT2D eigenvalue weighted by Crippen LogP contribution is -2.44. The van der Waals surface area contributed by atoms with Crippen molar-refractivity contribution in [2.24, 2.45) is 5.16 Å². The molecule has 0 radical (unpaired) electrons. The molecular formula is C13H18N4O2. The van der Waals surface area contributed by atoms with Gasteiger partial charge in [-0.1, -0.05) is 5.16 Å². The van der Waals surface area contributed by atoms with Crippen LogP contribution in [0.15, 0.2) is 11.2 Å². The molecule has 1 fully saturated rings. The Hall–Kier alpha value is -1.85. The molecule has 19 heavy (non-hydrogen) atoms. The highest BCUT2D eigenvalue weighted by Crippen LogP contribution is 2.38. The largest absolute Gasteiger partial charge is 0.379 e. The summed E-state index contributed by atoms with van der Waals surface area (Å²) in [7, 11) is 0. The maximum atomic E-state index is 12.1. The van der Waals surface area contributed by atoms with Crippen LogP contribution in [0.4, 0.5) is 0 Å². The van der Waals surface area contributed by atoms with Crippen molar-refractivity contribution < 1.29 is 9.63 Å². The highest BCUT2D eigenvalue weighted by atomic mass is 16.7. The smallest absolute Gasteiger partial charge is 0.267 e. The molecule has 6 heteroatoms. The minimum atomic E-state index is -0.872. The number of amides is 1. The molecule has 2 aliphatic rings. The number of hydrogen-bond donors (Lipinski definition) is 2. The van der Waals surface area contributed by atoms with Crippen LogP contribution in [0.25, 0.3) is 0 Å². The molecule has 6 nitrogen and oxygen atoms in total. The second-order valence-electron chi connectivity index (χ2n) is 5.60. The number of carbonyl (C=O) groups is 1. The van der Waals surface area contributed by atoms with E-state index in [2.05, 4.69) is 20.7 Å². The van der Waals surface area contributed by atoms with Gasteiger partial charge in [-0.15, -0.1) is 0 Å². The summed E-state index contributed by atoms with van der Waals surface area (Å²) in [6, 6.07) is 2.03. The first-order chi connectivity index (χ1) is 9.07. The van der Waals surface area contributed by atoms with E-state index in [-0.39, 0.29) is 5.91 Å². The standard InChI is InChI=1S/C13H18N4O2/c1-8-6-13(2,19-17-8)12(18)14-7-10-5-11(16-15-10)9-3-4-9/h5,9H,3-4,6-7H2,1-2H3,(H,14,18)(H,15,16)/t13-/m0/s1. The van der Waals surface area contributed by atoms with E-state index in [4.69, 9.17) is 4.84 Å². The van der Waals surface area contributed by atoms with Gasteiger partial charge >= 0.3 is 0 Å². The maximum absolute atomic E-state index is 12.1. The quantitative estimate of drug-likeness (QED) is 0.862. The zero-order valence-corrected chi connectivity index (χ0v) is 11.2. The molecule has 0 saturated heterocycles. The molecule has 1 saturated carbocycles. The van der Waals surface area contributed by atoms with Crippen LogP contribution in [0.2, 0.25) is 0 Å². The van der Waals surface area contributed by atoms with Gasteiger partial charge in [-0.25, -0.2) is 0 Å². The van der Waals surface area contributed by atoms with Crippen molar-refractivity contribution in [3.8, 4) is 0 Å². The van der Waals surface area contributed by atoms with Gasteiger partial charge in [0.05, 0.1) is 23.6 Å². The fourth-order valence-electron chi connectivity index (χ4n) is 2.27. The number of rotatable bonds is 4. The summed E-state index contributed by atoms with van der Waals surface area (Å²) in [6.07, 6.45) is 2.98. The van der Waals surface area contributed by atoms with E-state index >= 15 is 0 Å². The number of aromatic amines is 1. The summed E-state index contributed by atoms with van der Waals surface area (Å²) < 4.78 is 0. The second-order valence-corrected chi connectivity index (χ2v) is 5.60. The third kappa shape index (κ3) is 2.47. The summed E-state index contributed by atoms with van der Waals surface area (Å²) in [4.78, 5) is 17.3. The summed E-state index contributed by atoms with van der Waals surface area (Å²) in [6.45, 7) is 4.05. The molecule has 1 aliphatic heterocycles. The van der Waals surface area contributed by atoms with Crippen LogP contribution in [0.5, 0.6) is 0 Å². The van der Waals surface area contributed by atoms with Gasteiger partial charge in [0, 0.05) is 12.3 Å². The third-order valence-corrected chi connectivity index (χ3v) is 3.56. The minimum absolute atomic E-state index is 0.143. The fraction of sp³-hybridized carbons (Fsp3) is 0.615. The topological polar surface area (TPSA) is 79.4 Å². The SMILES string of the molecule is CC1=NO[C@](C)(C(=O)NCc2cc(C3CC3)n[nH]2)C1. The van der Waals surface area contributed by atoms with Crippen LogP contribution in [-0.2, 0) is 16.2 Å². The molecule has 2 N–H and O–H groups in total. The Bertz CT molecular complexity index is 533. The molecule has 1 aromatic rings. The van der Waals surface area contributed by atoms with Gasteiger partial charge in [0.1, 0.15) is 0 Å². The Morgan fingerprint density at radius 1 is 1.63 bits per heavy atom. The minimum Gasteiger partial charge on any atom is -0.379 e. The highest BCUT2D eigenvalue weighted by Gasteiger charge is 2.40. The summed E-state index contributed by atoms with van der Waals surface area (Å²) in [5, 5.41) is 13.9. The van der Waals surface area contributed by atoms with E-state index in [1.54, 1.807) is 6.92 Å². The van der Waals surface area contributed by atoms with E-state index in [9.17, 15) is 4.79 Å². The molecule has 0 spiro atoms. The lowest BCUT2D eigenvalue weighted by Gasteiger charge is -2.19. The van der Waals surface area contributed by atoms with Gasteiger partial charge in [-0.2, -0.15) is 5.10 Å². The van der Waals surface area contributed by atoms with Gasteiger partial charge in [-0.05, 0) is 32.8 Å². The van der Waals surface area contributed by atoms with E-state index < -0.39 is 5.60 Å². The number of nitrogens with zero attached hydrogens (tertiary/aromatic N) is 2. The predicted octanol–water partition coefficient (Wildman–Crippen LogP) is 1.46. The van der Waals surface area contributed by atoms with Crippen molar-refractivity contribution in [1.29, 1.82) is 0 Å². The highest BCUT2D eigenvalue weighted by molar-refractivity contribution is 5.94. The fourth-order valence-corrected chi connectivity index (χ4v) is 2.27. The number of H-pyrrole nitrogens is 1. The van der Waals surface area contributed by atoms with Crippen LogP contribution in [0.1, 0.15) is 50.4 Å². The number of oxime groups is 1. The van der Waals surface area contributed by atoms with E-state index in [1.165, 1.54) is 12.8 Å². The maximum Gasteiger partial charge on any atom is 0.267 e.